The second kappa shape index (κ2) is 14.6. The zero-order chi connectivity index (χ0) is 31.8. The lowest BCUT2D eigenvalue weighted by Crippen LogP contribution is -2.37. The highest BCUT2D eigenvalue weighted by Gasteiger charge is 2.15. The number of aromatic nitrogens is 2. The second-order valence-corrected chi connectivity index (χ2v) is 12.4. The Morgan fingerprint density at radius 2 is 1.76 bits per heavy atom. The third-order valence-electron chi connectivity index (χ3n) is 7.46. The summed E-state index contributed by atoms with van der Waals surface area (Å²) in [6.45, 7) is 13.9. The molecule has 238 valence electrons. The Morgan fingerprint density at radius 3 is 2.47 bits per heavy atom. The molecule has 45 heavy (non-hydrogen) atoms. The first-order chi connectivity index (χ1) is 21.7. The average molecular weight is 614 g/mol. The van der Waals surface area contributed by atoms with Gasteiger partial charge in [0.05, 0.1) is 32.4 Å². The van der Waals surface area contributed by atoms with Crippen molar-refractivity contribution in [3.05, 3.63) is 72.1 Å². The molecule has 2 heterocycles. The van der Waals surface area contributed by atoms with Crippen molar-refractivity contribution in [1.29, 1.82) is 0 Å². The van der Waals surface area contributed by atoms with E-state index in [1.54, 1.807) is 31.4 Å². The summed E-state index contributed by atoms with van der Waals surface area (Å²) in [6.07, 6.45) is 2.44. The van der Waals surface area contributed by atoms with E-state index < -0.39 is 0 Å². The standard InChI is InChI=1S/C35H43N5O5/c1-24-19-26(9-12-30(24)45-27-10-7-25(8-11-27)34(41)36-22-35(2,3)4)39-33-28-20-32(31(42-5)21-29(28)37-23-38-33)44-16-6-13-40-14-17-43-18-15-40/h7-12,19-21,23H,6,13-18,22H2,1-5H3,(H,36,41)(H,37,38,39). The maximum Gasteiger partial charge on any atom is 0.251 e. The van der Waals surface area contributed by atoms with Crippen LogP contribution in [0.3, 0.4) is 0 Å². The van der Waals surface area contributed by atoms with Gasteiger partial charge in [-0.15, -0.1) is 0 Å². The Balaban J connectivity index is 1.24. The number of carbonyl (C=O) groups excluding carboxylic acids is 1. The van der Waals surface area contributed by atoms with Gasteiger partial charge in [-0.05, 0) is 72.9 Å². The van der Waals surface area contributed by atoms with E-state index >= 15 is 0 Å². The Morgan fingerprint density at radius 1 is 0.978 bits per heavy atom. The Bertz CT molecular complexity index is 1600. The minimum atomic E-state index is -0.0961. The number of aryl methyl sites for hydroxylation is 1. The molecule has 0 atom stereocenters. The molecular formula is C35H43N5O5. The number of nitrogens with one attached hydrogen (secondary N) is 2. The molecule has 0 saturated carbocycles. The van der Waals surface area contributed by atoms with Crippen molar-refractivity contribution < 1.29 is 23.7 Å². The van der Waals surface area contributed by atoms with Crippen molar-refractivity contribution in [1.82, 2.24) is 20.2 Å². The first-order valence-corrected chi connectivity index (χ1v) is 15.4. The summed E-state index contributed by atoms with van der Waals surface area (Å²) in [5.41, 5.74) is 3.16. The van der Waals surface area contributed by atoms with E-state index in [-0.39, 0.29) is 11.3 Å². The molecule has 1 saturated heterocycles. The molecule has 1 aliphatic heterocycles. The van der Waals surface area contributed by atoms with Gasteiger partial charge in [0.1, 0.15) is 23.6 Å². The highest BCUT2D eigenvalue weighted by Crippen LogP contribution is 2.35. The van der Waals surface area contributed by atoms with E-state index in [4.69, 9.17) is 18.9 Å². The number of morpholine rings is 1. The smallest absolute Gasteiger partial charge is 0.251 e. The number of amides is 1. The topological polar surface area (TPSA) is 107 Å². The summed E-state index contributed by atoms with van der Waals surface area (Å²) in [7, 11) is 1.63. The van der Waals surface area contributed by atoms with E-state index in [9.17, 15) is 4.79 Å². The predicted molar refractivity (Wildman–Crippen MR) is 176 cm³/mol. The van der Waals surface area contributed by atoms with Crippen LogP contribution in [0.4, 0.5) is 11.5 Å². The predicted octanol–water partition coefficient (Wildman–Crippen LogP) is 6.36. The zero-order valence-corrected chi connectivity index (χ0v) is 26.8. The molecule has 0 bridgehead atoms. The maximum absolute atomic E-state index is 12.5. The minimum Gasteiger partial charge on any atom is -0.493 e. The molecule has 0 radical (unpaired) electrons. The monoisotopic (exact) mass is 613 g/mol. The van der Waals surface area contributed by atoms with Crippen LogP contribution in [0, 0.1) is 12.3 Å². The fraction of sp³-hybridized carbons (Fsp3) is 0.400. The van der Waals surface area contributed by atoms with E-state index in [1.807, 2.05) is 37.3 Å². The number of carbonyl (C=O) groups is 1. The number of nitrogens with zero attached hydrogens (tertiary/aromatic N) is 3. The largest absolute Gasteiger partial charge is 0.493 e. The van der Waals surface area contributed by atoms with Crippen LogP contribution in [0.15, 0.2) is 60.9 Å². The maximum atomic E-state index is 12.5. The molecular weight excluding hydrogens is 570 g/mol. The van der Waals surface area contributed by atoms with Crippen molar-refractivity contribution in [2.75, 3.05) is 58.4 Å². The molecule has 0 aliphatic carbocycles. The van der Waals surface area contributed by atoms with Crippen molar-refractivity contribution in [3.63, 3.8) is 0 Å². The number of hydrogen-bond donors (Lipinski definition) is 2. The molecule has 0 unspecified atom stereocenters. The first kappa shape index (κ1) is 32.0. The lowest BCUT2D eigenvalue weighted by molar-refractivity contribution is 0.0357. The number of benzene rings is 3. The molecule has 1 aliphatic rings. The summed E-state index contributed by atoms with van der Waals surface area (Å²) in [5, 5.41) is 7.23. The van der Waals surface area contributed by atoms with E-state index in [1.165, 1.54) is 6.33 Å². The number of methoxy groups -OCH3 is 1. The molecule has 2 N–H and O–H groups in total. The summed E-state index contributed by atoms with van der Waals surface area (Å²) in [6, 6.07) is 16.8. The molecule has 0 spiro atoms. The van der Waals surface area contributed by atoms with Gasteiger partial charge >= 0.3 is 0 Å². The Kier molecular flexibility index (Phi) is 10.4. The quantitative estimate of drug-likeness (QED) is 0.177. The summed E-state index contributed by atoms with van der Waals surface area (Å²) >= 11 is 0. The Hall–Kier alpha value is -4.41. The van der Waals surface area contributed by atoms with Gasteiger partial charge in [-0.2, -0.15) is 0 Å². The lowest BCUT2D eigenvalue weighted by atomic mass is 9.97. The average Bonchev–Trinajstić information content (AvgIpc) is 3.03. The van der Waals surface area contributed by atoms with Crippen LogP contribution in [0.25, 0.3) is 10.9 Å². The normalized spacial score (nSPS) is 13.8. The molecule has 10 nitrogen and oxygen atoms in total. The van der Waals surface area contributed by atoms with E-state index in [0.29, 0.717) is 41.8 Å². The van der Waals surface area contributed by atoms with Gasteiger partial charge in [0.15, 0.2) is 11.5 Å². The molecule has 5 rings (SSSR count). The van der Waals surface area contributed by atoms with Crippen LogP contribution >= 0.6 is 0 Å². The highest BCUT2D eigenvalue weighted by atomic mass is 16.5. The molecule has 4 aromatic rings. The Labute approximate surface area is 265 Å². The van der Waals surface area contributed by atoms with Crippen molar-refractivity contribution in [3.8, 4) is 23.0 Å². The van der Waals surface area contributed by atoms with Crippen molar-refractivity contribution in [2.45, 2.75) is 34.1 Å². The van der Waals surface area contributed by atoms with E-state index in [2.05, 4.69) is 46.3 Å². The molecule has 1 aromatic heterocycles. The number of ether oxygens (including phenoxy) is 4. The van der Waals surface area contributed by atoms with Crippen LogP contribution in [-0.2, 0) is 4.74 Å². The fourth-order valence-corrected chi connectivity index (χ4v) is 4.96. The van der Waals surface area contributed by atoms with Gasteiger partial charge in [0, 0.05) is 48.9 Å². The van der Waals surface area contributed by atoms with E-state index in [0.717, 1.165) is 67.2 Å². The summed E-state index contributed by atoms with van der Waals surface area (Å²) in [5.74, 6) is 3.22. The second-order valence-electron chi connectivity index (χ2n) is 12.4. The van der Waals surface area contributed by atoms with Gasteiger partial charge in [-0.3, -0.25) is 9.69 Å². The third-order valence-corrected chi connectivity index (χ3v) is 7.46. The third kappa shape index (κ3) is 8.83. The fourth-order valence-electron chi connectivity index (χ4n) is 4.96. The van der Waals surface area contributed by atoms with Gasteiger partial charge < -0.3 is 29.6 Å². The summed E-state index contributed by atoms with van der Waals surface area (Å²) in [4.78, 5) is 23.8. The van der Waals surface area contributed by atoms with Gasteiger partial charge in [-0.1, -0.05) is 20.8 Å². The van der Waals surface area contributed by atoms with Crippen LogP contribution < -0.4 is 24.8 Å². The zero-order valence-electron chi connectivity index (χ0n) is 26.8. The number of hydrogen-bond acceptors (Lipinski definition) is 9. The first-order valence-electron chi connectivity index (χ1n) is 15.4. The lowest BCUT2D eigenvalue weighted by Gasteiger charge is -2.26. The van der Waals surface area contributed by atoms with Crippen LogP contribution in [0.1, 0.15) is 43.1 Å². The number of fused-ring (bicyclic) bond motifs is 1. The molecule has 3 aromatic carbocycles. The summed E-state index contributed by atoms with van der Waals surface area (Å²) < 4.78 is 23.3. The molecule has 1 fully saturated rings. The van der Waals surface area contributed by atoms with Crippen molar-refractivity contribution in [2.24, 2.45) is 5.41 Å². The van der Waals surface area contributed by atoms with Crippen LogP contribution in [0.2, 0.25) is 0 Å². The van der Waals surface area contributed by atoms with Gasteiger partial charge in [0.2, 0.25) is 0 Å². The SMILES string of the molecule is COc1cc2ncnc(Nc3ccc(Oc4ccc(C(=O)NCC(C)(C)C)cc4)c(C)c3)c2cc1OCCCN1CCOCC1. The minimum absolute atomic E-state index is 0.0198. The van der Waals surface area contributed by atoms with Crippen LogP contribution in [-0.4, -0.2) is 73.9 Å². The molecule has 1 amide bonds. The number of rotatable bonds is 12. The van der Waals surface area contributed by atoms with Crippen molar-refractivity contribution >= 4 is 28.3 Å². The molecule has 10 heteroatoms. The van der Waals surface area contributed by atoms with Crippen LogP contribution in [0.5, 0.6) is 23.0 Å². The van der Waals surface area contributed by atoms with Gasteiger partial charge in [0.25, 0.3) is 5.91 Å². The highest BCUT2D eigenvalue weighted by molar-refractivity contribution is 5.94. The number of anilines is 2. The van der Waals surface area contributed by atoms with Gasteiger partial charge in [-0.25, -0.2) is 9.97 Å².